The van der Waals surface area contributed by atoms with E-state index in [4.69, 9.17) is 10.3 Å². The van der Waals surface area contributed by atoms with Crippen LogP contribution in [0, 0.1) is 0 Å². The summed E-state index contributed by atoms with van der Waals surface area (Å²) >= 11 is 0. The number of hydrogen-bond donors (Lipinski definition) is 1. The van der Waals surface area contributed by atoms with Crippen molar-refractivity contribution in [3.8, 4) is 0 Å². The summed E-state index contributed by atoms with van der Waals surface area (Å²) in [6.07, 6.45) is 18.9. The molecule has 0 bridgehead atoms. The molecule has 0 aliphatic rings. The van der Waals surface area contributed by atoms with Crippen molar-refractivity contribution in [1.82, 2.24) is 0 Å². The van der Waals surface area contributed by atoms with Crippen LogP contribution in [0.1, 0.15) is 116 Å². The van der Waals surface area contributed by atoms with Gasteiger partial charge in [-0.2, -0.15) is 8.42 Å². The third kappa shape index (κ3) is 24.0. The first-order chi connectivity index (χ1) is 14.3. The zero-order valence-corrected chi connectivity index (χ0v) is 25.6. The molecule has 7 nitrogen and oxygen atoms in total. The van der Waals surface area contributed by atoms with Gasteiger partial charge >= 0.3 is 59.1 Å². The monoisotopic (exact) mass is 492 g/mol. The van der Waals surface area contributed by atoms with Crippen LogP contribution in [0.15, 0.2) is 0 Å². The van der Waals surface area contributed by atoms with E-state index in [-0.39, 0.29) is 65.7 Å². The van der Waals surface area contributed by atoms with Gasteiger partial charge < -0.3 is 20.6 Å². The SMILES string of the molecule is CCCCCCCCCCCCCCCCCC[N-]C(=O)C(CC([NH-])=O)S(=O)(=O)O.[Na+].[Na+]. The molecule has 0 rings (SSSR count). The van der Waals surface area contributed by atoms with Gasteiger partial charge in [0.25, 0.3) is 10.1 Å². The molecule has 0 aromatic rings. The molecular weight excluding hydrogens is 450 g/mol. The second kappa shape index (κ2) is 25.0. The number of rotatable bonds is 21. The first kappa shape index (κ1) is 37.4. The van der Waals surface area contributed by atoms with Gasteiger partial charge in [0, 0.05) is 6.42 Å². The topological polar surface area (TPSA) is 126 Å². The van der Waals surface area contributed by atoms with Crippen LogP contribution in [0.25, 0.3) is 11.1 Å². The first-order valence-corrected chi connectivity index (χ1v) is 13.2. The molecule has 0 spiro atoms. The number of hydrogen-bond acceptors (Lipinski definition) is 4. The molecule has 0 aliphatic heterocycles. The van der Waals surface area contributed by atoms with Crippen molar-refractivity contribution in [2.45, 2.75) is 121 Å². The Morgan fingerprint density at radius 2 is 1.09 bits per heavy atom. The van der Waals surface area contributed by atoms with Crippen molar-refractivity contribution in [2.75, 3.05) is 6.54 Å². The van der Waals surface area contributed by atoms with Crippen LogP contribution in [-0.2, 0) is 19.7 Å². The Morgan fingerprint density at radius 1 is 0.750 bits per heavy atom. The largest absolute Gasteiger partial charge is 1.00 e. The van der Waals surface area contributed by atoms with Gasteiger partial charge in [-0.1, -0.05) is 110 Å². The molecular formula is C22H42N2Na2O5S. The third-order valence-electron chi connectivity index (χ3n) is 5.29. The molecule has 178 valence electrons. The van der Waals surface area contributed by atoms with Crippen LogP contribution in [0.2, 0.25) is 0 Å². The van der Waals surface area contributed by atoms with Crippen LogP contribution in [0.3, 0.4) is 0 Å². The minimum absolute atomic E-state index is 0. The Morgan fingerprint density at radius 3 is 1.41 bits per heavy atom. The van der Waals surface area contributed by atoms with Crippen molar-refractivity contribution in [1.29, 1.82) is 0 Å². The average Bonchev–Trinajstić information content (AvgIpc) is 2.67. The fraction of sp³-hybridized carbons (Fsp3) is 0.909. The van der Waals surface area contributed by atoms with Crippen LogP contribution in [-0.4, -0.2) is 36.6 Å². The van der Waals surface area contributed by atoms with Gasteiger partial charge in [-0.25, -0.2) is 0 Å². The maximum atomic E-state index is 11.7. The molecule has 10 heteroatoms. The van der Waals surface area contributed by atoms with E-state index in [1.54, 1.807) is 0 Å². The number of carbonyl (C=O) groups excluding carboxylic acids is 2. The minimum Gasteiger partial charge on any atom is -0.668 e. The first-order valence-electron chi connectivity index (χ1n) is 11.7. The molecule has 2 N–H and O–H groups in total. The fourth-order valence-electron chi connectivity index (χ4n) is 3.44. The number of carbonyl (C=O) groups is 2. The molecule has 0 radical (unpaired) electrons. The molecule has 0 saturated heterocycles. The van der Waals surface area contributed by atoms with Crippen LogP contribution in [0.4, 0.5) is 0 Å². The second-order valence-electron chi connectivity index (χ2n) is 8.15. The summed E-state index contributed by atoms with van der Waals surface area (Å²) < 4.78 is 31.3. The van der Waals surface area contributed by atoms with Gasteiger partial charge in [-0.3, -0.25) is 4.55 Å². The van der Waals surface area contributed by atoms with E-state index in [0.29, 0.717) is 6.42 Å². The Labute approximate surface area is 240 Å². The number of nitrogens with zero attached hydrogens (tertiary/aromatic N) is 1. The number of unbranched alkanes of at least 4 members (excludes halogenated alkanes) is 15. The maximum absolute atomic E-state index is 11.7. The molecule has 0 aromatic heterocycles. The summed E-state index contributed by atoms with van der Waals surface area (Å²) in [6.45, 7) is 2.42. The summed E-state index contributed by atoms with van der Waals surface area (Å²) in [5, 5.41) is 1.69. The zero-order valence-electron chi connectivity index (χ0n) is 20.7. The van der Waals surface area contributed by atoms with Crippen molar-refractivity contribution < 1.29 is 81.7 Å². The molecule has 0 aliphatic carbocycles. The molecule has 1 atom stereocenters. The van der Waals surface area contributed by atoms with Crippen LogP contribution in [0.5, 0.6) is 0 Å². The van der Waals surface area contributed by atoms with Gasteiger partial charge in [-0.15, -0.1) is 6.54 Å². The van der Waals surface area contributed by atoms with Gasteiger partial charge in [0.15, 0.2) is 0 Å². The quantitative estimate of drug-likeness (QED) is 0.141. The summed E-state index contributed by atoms with van der Waals surface area (Å²) in [5.41, 5.74) is 6.78. The maximum Gasteiger partial charge on any atom is 1.00 e. The van der Waals surface area contributed by atoms with E-state index in [1.165, 1.54) is 77.0 Å². The molecule has 32 heavy (non-hydrogen) atoms. The second-order valence-corrected chi connectivity index (χ2v) is 9.75. The van der Waals surface area contributed by atoms with Gasteiger partial charge in [0.1, 0.15) is 5.25 Å². The average molecular weight is 493 g/mol. The van der Waals surface area contributed by atoms with E-state index in [9.17, 15) is 18.0 Å². The Kier molecular flexibility index (Phi) is 29.2. The molecule has 0 saturated carbocycles. The number of nitrogens with one attached hydrogen (secondary N) is 1. The summed E-state index contributed by atoms with van der Waals surface area (Å²) in [7, 11) is -4.72. The summed E-state index contributed by atoms with van der Waals surface area (Å²) in [6, 6.07) is 0. The fourth-order valence-corrected chi connectivity index (χ4v) is 4.13. The van der Waals surface area contributed by atoms with Crippen molar-refractivity contribution in [3.63, 3.8) is 0 Å². The normalized spacial score (nSPS) is 11.8. The minimum atomic E-state index is -4.72. The van der Waals surface area contributed by atoms with Crippen LogP contribution < -0.4 is 59.1 Å². The molecule has 1 unspecified atom stereocenters. The predicted molar refractivity (Wildman–Crippen MR) is 122 cm³/mol. The van der Waals surface area contributed by atoms with E-state index < -0.39 is 33.6 Å². The summed E-state index contributed by atoms with van der Waals surface area (Å²) in [5.74, 6) is -2.26. The van der Waals surface area contributed by atoms with Crippen molar-refractivity contribution in [3.05, 3.63) is 11.1 Å². The Bertz CT molecular complexity index is 563. The third-order valence-corrected chi connectivity index (χ3v) is 6.37. The molecule has 0 heterocycles. The van der Waals surface area contributed by atoms with Crippen LogP contribution >= 0.6 is 0 Å². The molecule has 0 fully saturated rings. The standard InChI is InChI=1S/C22H44N2O5S.2Na/c1-2-3-4-5-6-7-8-9-10-11-12-13-14-15-16-17-18-24-22(26)20(19-21(23)25)30(27,28)29;;/h20H,2-19H2,1H3,(H4,23,24,25,26,27,28,29);;/q;2*+1/p-2. The van der Waals surface area contributed by atoms with Gasteiger partial charge in [-0.05, 0) is 0 Å². The van der Waals surface area contributed by atoms with Gasteiger partial charge in [0.2, 0.25) is 0 Å². The van der Waals surface area contributed by atoms with E-state index in [1.807, 2.05) is 0 Å². The van der Waals surface area contributed by atoms with Gasteiger partial charge in [0.05, 0.1) is 11.8 Å². The Hall–Kier alpha value is 0.850. The van der Waals surface area contributed by atoms with Crippen molar-refractivity contribution in [2.24, 2.45) is 0 Å². The predicted octanol–water partition coefficient (Wildman–Crippen LogP) is 0.382. The zero-order chi connectivity index (χ0) is 22.7. The van der Waals surface area contributed by atoms with E-state index >= 15 is 0 Å². The van der Waals surface area contributed by atoms with Crippen molar-refractivity contribution >= 4 is 21.9 Å². The van der Waals surface area contributed by atoms with E-state index in [2.05, 4.69) is 12.2 Å². The van der Waals surface area contributed by atoms with E-state index in [0.717, 1.165) is 19.3 Å². The molecule has 2 amide bonds. The smallest absolute Gasteiger partial charge is 0.668 e. The molecule has 0 aromatic carbocycles. The number of amides is 2. The Balaban J connectivity index is -0.00000420. The summed E-state index contributed by atoms with van der Waals surface area (Å²) in [4.78, 5) is 22.5.